The number of hydrogen-bond acceptors (Lipinski definition) is 4. The van der Waals surface area contributed by atoms with E-state index in [2.05, 4.69) is 23.7 Å². The average molecular weight is 262 g/mol. The van der Waals surface area contributed by atoms with Gasteiger partial charge in [0.15, 0.2) is 0 Å². The molecule has 0 saturated carbocycles. The molecule has 1 unspecified atom stereocenters. The van der Waals surface area contributed by atoms with Crippen molar-refractivity contribution < 1.29 is 4.79 Å². The van der Waals surface area contributed by atoms with Crippen LogP contribution in [0.15, 0.2) is 24.4 Å². The van der Waals surface area contributed by atoms with E-state index >= 15 is 0 Å². The van der Waals surface area contributed by atoms with E-state index in [1.807, 2.05) is 30.1 Å². The molecular formula is C14H22N4O. The number of nitrogens with zero attached hydrogens (tertiary/aromatic N) is 3. The van der Waals surface area contributed by atoms with Crippen LogP contribution in [0.5, 0.6) is 0 Å². The second-order valence-electron chi connectivity index (χ2n) is 5.69. The Balaban J connectivity index is 2.19. The van der Waals surface area contributed by atoms with Gasteiger partial charge in [-0.05, 0) is 33.0 Å². The second kappa shape index (κ2) is 5.27. The Kier molecular flexibility index (Phi) is 3.87. The first-order valence-electron chi connectivity index (χ1n) is 6.57. The van der Waals surface area contributed by atoms with Gasteiger partial charge in [-0.15, -0.1) is 0 Å². The van der Waals surface area contributed by atoms with Gasteiger partial charge in [-0.1, -0.05) is 6.07 Å². The van der Waals surface area contributed by atoms with E-state index in [1.165, 1.54) is 0 Å². The van der Waals surface area contributed by atoms with Crippen LogP contribution in [0.1, 0.15) is 19.5 Å². The molecule has 1 amide bonds. The van der Waals surface area contributed by atoms with Crippen molar-refractivity contribution in [3.05, 3.63) is 30.1 Å². The van der Waals surface area contributed by atoms with E-state index in [0.717, 1.165) is 5.69 Å². The number of piperazine rings is 1. The summed E-state index contributed by atoms with van der Waals surface area (Å²) in [4.78, 5) is 20.7. The van der Waals surface area contributed by atoms with Crippen molar-refractivity contribution in [2.45, 2.75) is 32.0 Å². The molecule has 104 valence electrons. The van der Waals surface area contributed by atoms with E-state index in [-0.39, 0.29) is 17.5 Å². The minimum Gasteiger partial charge on any atom is -0.334 e. The fraction of sp³-hybridized carbons (Fsp3) is 0.571. The van der Waals surface area contributed by atoms with Gasteiger partial charge in [0.05, 0.1) is 12.2 Å². The first-order chi connectivity index (χ1) is 8.95. The summed E-state index contributed by atoms with van der Waals surface area (Å²) in [6.07, 6.45) is 1.75. The zero-order valence-corrected chi connectivity index (χ0v) is 11.8. The third-order valence-corrected chi connectivity index (χ3v) is 3.90. The maximum Gasteiger partial charge on any atom is 0.241 e. The van der Waals surface area contributed by atoms with Crippen LogP contribution in [-0.2, 0) is 11.3 Å². The third-order valence-electron chi connectivity index (χ3n) is 3.90. The van der Waals surface area contributed by atoms with E-state index < -0.39 is 0 Å². The Morgan fingerprint density at radius 3 is 2.79 bits per heavy atom. The molecule has 0 aliphatic carbocycles. The Morgan fingerprint density at radius 1 is 1.47 bits per heavy atom. The molecule has 1 aromatic rings. The van der Waals surface area contributed by atoms with Crippen LogP contribution < -0.4 is 5.73 Å². The molecule has 1 atom stereocenters. The van der Waals surface area contributed by atoms with E-state index in [0.29, 0.717) is 19.6 Å². The Morgan fingerprint density at radius 2 is 2.21 bits per heavy atom. The smallest absolute Gasteiger partial charge is 0.241 e. The minimum absolute atomic E-state index is 0.0767. The van der Waals surface area contributed by atoms with Gasteiger partial charge in [0.2, 0.25) is 5.91 Å². The maximum absolute atomic E-state index is 12.4. The number of carbonyl (C=O) groups is 1. The van der Waals surface area contributed by atoms with Gasteiger partial charge in [-0.25, -0.2) is 0 Å². The predicted octanol–water partition coefficient (Wildman–Crippen LogP) is 0.462. The lowest BCUT2D eigenvalue weighted by Crippen LogP contribution is -2.66. The van der Waals surface area contributed by atoms with Crippen molar-refractivity contribution in [3.8, 4) is 0 Å². The summed E-state index contributed by atoms with van der Waals surface area (Å²) in [5.41, 5.74) is 6.59. The van der Waals surface area contributed by atoms with Crippen LogP contribution in [0, 0.1) is 0 Å². The molecule has 19 heavy (non-hydrogen) atoms. The number of aromatic nitrogens is 1. The first kappa shape index (κ1) is 14.0. The molecule has 1 fully saturated rings. The molecular weight excluding hydrogens is 240 g/mol. The lowest BCUT2D eigenvalue weighted by Gasteiger charge is -2.49. The van der Waals surface area contributed by atoms with Crippen LogP contribution in [-0.4, -0.2) is 52.4 Å². The normalized spacial score (nSPS) is 23.7. The number of hydrogen-bond donors (Lipinski definition) is 1. The molecule has 1 aliphatic heterocycles. The van der Waals surface area contributed by atoms with E-state index in [1.54, 1.807) is 6.20 Å². The zero-order valence-electron chi connectivity index (χ0n) is 11.8. The summed E-state index contributed by atoms with van der Waals surface area (Å²) in [7, 11) is 1.97. The van der Waals surface area contributed by atoms with Crippen molar-refractivity contribution in [1.82, 2.24) is 14.8 Å². The molecule has 0 spiro atoms. The molecule has 5 nitrogen and oxygen atoms in total. The standard InChI is InChI=1S/C14H22N4O/c1-14(2)10-18(9-11-6-4-5-7-16-11)13(19)12(8-15)17(14)3/h4-7,12H,8-10,15H2,1-3H3. The van der Waals surface area contributed by atoms with Gasteiger partial charge < -0.3 is 10.6 Å². The van der Waals surface area contributed by atoms with Crippen molar-refractivity contribution in [2.24, 2.45) is 5.73 Å². The van der Waals surface area contributed by atoms with Gasteiger partial charge in [-0.2, -0.15) is 0 Å². The Bertz CT molecular complexity index is 446. The van der Waals surface area contributed by atoms with Crippen molar-refractivity contribution in [1.29, 1.82) is 0 Å². The molecule has 1 aliphatic rings. The SMILES string of the molecule is CN1C(CN)C(=O)N(Cc2ccccn2)CC1(C)C. The van der Waals surface area contributed by atoms with Crippen LogP contribution in [0.4, 0.5) is 0 Å². The molecule has 0 aromatic carbocycles. The number of carbonyl (C=O) groups excluding carboxylic acids is 1. The van der Waals surface area contributed by atoms with Gasteiger partial charge in [0, 0.05) is 24.8 Å². The lowest BCUT2D eigenvalue weighted by atomic mass is 9.95. The molecule has 2 heterocycles. The van der Waals surface area contributed by atoms with Crippen molar-refractivity contribution >= 4 is 5.91 Å². The summed E-state index contributed by atoms with van der Waals surface area (Å²) in [6.45, 7) is 5.85. The summed E-state index contributed by atoms with van der Waals surface area (Å²) in [6, 6.07) is 5.51. The summed E-state index contributed by atoms with van der Waals surface area (Å²) in [5.74, 6) is 0.0926. The molecule has 0 radical (unpaired) electrons. The second-order valence-corrected chi connectivity index (χ2v) is 5.69. The quantitative estimate of drug-likeness (QED) is 0.859. The number of amides is 1. The van der Waals surface area contributed by atoms with Crippen molar-refractivity contribution in [2.75, 3.05) is 20.1 Å². The first-order valence-corrected chi connectivity index (χ1v) is 6.57. The van der Waals surface area contributed by atoms with Crippen LogP contribution >= 0.6 is 0 Å². The highest BCUT2D eigenvalue weighted by Gasteiger charge is 2.42. The maximum atomic E-state index is 12.4. The van der Waals surface area contributed by atoms with Crippen LogP contribution in [0.3, 0.4) is 0 Å². The molecule has 1 saturated heterocycles. The number of likely N-dealkylation sites (N-methyl/N-ethyl adjacent to an activating group) is 1. The minimum atomic E-state index is -0.243. The fourth-order valence-corrected chi connectivity index (χ4v) is 2.53. The van der Waals surface area contributed by atoms with Crippen molar-refractivity contribution in [3.63, 3.8) is 0 Å². The lowest BCUT2D eigenvalue weighted by molar-refractivity contribution is -0.148. The highest BCUT2D eigenvalue weighted by Crippen LogP contribution is 2.24. The van der Waals surface area contributed by atoms with Crippen LogP contribution in [0.25, 0.3) is 0 Å². The molecule has 5 heteroatoms. The Labute approximate surface area is 114 Å². The number of rotatable bonds is 3. The zero-order chi connectivity index (χ0) is 14.0. The highest BCUT2D eigenvalue weighted by atomic mass is 16.2. The summed E-state index contributed by atoms with van der Waals surface area (Å²) >= 11 is 0. The van der Waals surface area contributed by atoms with Gasteiger partial charge in [0.1, 0.15) is 6.04 Å². The summed E-state index contributed by atoms with van der Waals surface area (Å²) in [5, 5.41) is 0. The summed E-state index contributed by atoms with van der Waals surface area (Å²) < 4.78 is 0. The number of pyridine rings is 1. The predicted molar refractivity (Wildman–Crippen MR) is 74.3 cm³/mol. The molecule has 2 rings (SSSR count). The molecule has 0 bridgehead atoms. The largest absolute Gasteiger partial charge is 0.334 e. The van der Waals surface area contributed by atoms with Gasteiger partial charge >= 0.3 is 0 Å². The van der Waals surface area contributed by atoms with Gasteiger partial charge in [-0.3, -0.25) is 14.7 Å². The molecule has 2 N–H and O–H groups in total. The fourth-order valence-electron chi connectivity index (χ4n) is 2.53. The van der Waals surface area contributed by atoms with Crippen LogP contribution in [0.2, 0.25) is 0 Å². The van der Waals surface area contributed by atoms with Gasteiger partial charge in [0.25, 0.3) is 0 Å². The number of nitrogens with two attached hydrogens (primary N) is 1. The van der Waals surface area contributed by atoms with E-state index in [9.17, 15) is 4.79 Å². The third kappa shape index (κ3) is 2.77. The monoisotopic (exact) mass is 262 g/mol. The highest BCUT2D eigenvalue weighted by molar-refractivity contribution is 5.83. The molecule has 1 aromatic heterocycles. The van der Waals surface area contributed by atoms with E-state index in [4.69, 9.17) is 5.73 Å². The topological polar surface area (TPSA) is 62.5 Å². The average Bonchev–Trinajstić information content (AvgIpc) is 2.38. The Hall–Kier alpha value is -1.46.